The summed E-state index contributed by atoms with van der Waals surface area (Å²) in [4.78, 5) is 0. The summed E-state index contributed by atoms with van der Waals surface area (Å²) in [5.41, 5.74) is 1.62. The lowest BCUT2D eigenvalue weighted by Gasteiger charge is -2.14. The highest BCUT2D eigenvalue weighted by Gasteiger charge is 2.09. The number of ether oxygens (including phenoxy) is 2. The number of methoxy groups -OCH3 is 2. The Labute approximate surface area is 129 Å². The molecule has 0 saturated carbocycles. The number of nitrogens with one attached hydrogen (secondary N) is 1. The van der Waals surface area contributed by atoms with E-state index in [0.717, 1.165) is 17.0 Å². The largest absolute Gasteiger partial charge is 0.497 e. The van der Waals surface area contributed by atoms with Crippen LogP contribution < -0.4 is 14.8 Å². The second-order valence-corrected chi connectivity index (χ2v) is 4.93. The minimum absolute atomic E-state index is 0.371. The van der Waals surface area contributed by atoms with Crippen LogP contribution in [0, 0.1) is 0 Å². The van der Waals surface area contributed by atoms with Gasteiger partial charge in [0.2, 0.25) is 0 Å². The van der Waals surface area contributed by atoms with Gasteiger partial charge in [-0.3, -0.25) is 0 Å². The fraction of sp³-hybridized carbons (Fsp3) is 0.250. The Kier molecular flexibility index (Phi) is 5.31. The highest BCUT2D eigenvalue weighted by Crippen LogP contribution is 2.27. The number of hydrogen-bond donors (Lipinski definition) is 2. The van der Waals surface area contributed by atoms with Gasteiger partial charge in [0.15, 0.2) is 0 Å². The standard InChI is InChI=1S/C16H18ClNO3/c1-20-13-5-3-4-11(8-13)15(19)10-18-12-6-7-16(21-2)14(17)9-12/h3-9,15,18-19H,10H2,1-2H3. The topological polar surface area (TPSA) is 50.7 Å². The van der Waals surface area contributed by atoms with E-state index in [0.29, 0.717) is 17.3 Å². The summed E-state index contributed by atoms with van der Waals surface area (Å²) in [5, 5.41) is 13.9. The predicted octanol–water partition coefficient (Wildman–Crippen LogP) is 3.50. The zero-order valence-electron chi connectivity index (χ0n) is 12.0. The van der Waals surface area contributed by atoms with Crippen LogP contribution in [0.15, 0.2) is 42.5 Å². The van der Waals surface area contributed by atoms with Crippen molar-refractivity contribution in [3.63, 3.8) is 0 Å². The van der Waals surface area contributed by atoms with Crippen LogP contribution in [0.5, 0.6) is 11.5 Å². The minimum atomic E-state index is -0.638. The summed E-state index contributed by atoms with van der Waals surface area (Å²) in [6, 6.07) is 12.8. The van der Waals surface area contributed by atoms with Gasteiger partial charge in [0.05, 0.1) is 25.3 Å². The molecule has 0 aliphatic heterocycles. The van der Waals surface area contributed by atoms with E-state index in [1.807, 2.05) is 30.3 Å². The first-order chi connectivity index (χ1) is 10.1. The summed E-state index contributed by atoms with van der Waals surface area (Å²) < 4.78 is 10.2. The van der Waals surface area contributed by atoms with Crippen LogP contribution in [0.1, 0.15) is 11.7 Å². The summed E-state index contributed by atoms with van der Waals surface area (Å²) in [7, 11) is 3.17. The van der Waals surface area contributed by atoms with Crippen molar-refractivity contribution >= 4 is 17.3 Å². The van der Waals surface area contributed by atoms with Crippen molar-refractivity contribution in [1.82, 2.24) is 0 Å². The summed E-state index contributed by atoms with van der Waals surface area (Å²) in [6.45, 7) is 0.371. The highest BCUT2D eigenvalue weighted by molar-refractivity contribution is 6.32. The Morgan fingerprint density at radius 1 is 1.14 bits per heavy atom. The zero-order valence-corrected chi connectivity index (χ0v) is 12.7. The maximum atomic E-state index is 10.2. The van der Waals surface area contributed by atoms with Gasteiger partial charge >= 0.3 is 0 Å². The van der Waals surface area contributed by atoms with Crippen LogP contribution in [0.3, 0.4) is 0 Å². The molecule has 5 heteroatoms. The fourth-order valence-electron chi connectivity index (χ4n) is 1.96. The minimum Gasteiger partial charge on any atom is -0.497 e. The second kappa shape index (κ2) is 7.20. The summed E-state index contributed by atoms with van der Waals surface area (Å²) in [6.07, 6.45) is -0.638. The van der Waals surface area contributed by atoms with E-state index in [1.54, 1.807) is 26.4 Å². The molecule has 1 unspecified atom stereocenters. The molecule has 2 aromatic rings. The first-order valence-corrected chi connectivity index (χ1v) is 6.91. The number of aliphatic hydroxyl groups excluding tert-OH is 1. The van der Waals surface area contributed by atoms with E-state index in [4.69, 9.17) is 21.1 Å². The maximum absolute atomic E-state index is 10.2. The molecule has 1 atom stereocenters. The Morgan fingerprint density at radius 2 is 1.95 bits per heavy atom. The van der Waals surface area contributed by atoms with Gasteiger partial charge in [0, 0.05) is 12.2 Å². The molecule has 0 radical (unpaired) electrons. The van der Waals surface area contributed by atoms with E-state index in [9.17, 15) is 5.11 Å². The van der Waals surface area contributed by atoms with Crippen molar-refractivity contribution in [3.8, 4) is 11.5 Å². The number of aliphatic hydroxyl groups is 1. The lowest BCUT2D eigenvalue weighted by molar-refractivity contribution is 0.191. The maximum Gasteiger partial charge on any atom is 0.137 e. The lowest BCUT2D eigenvalue weighted by Crippen LogP contribution is -2.12. The molecule has 0 bridgehead atoms. The van der Waals surface area contributed by atoms with Gasteiger partial charge in [-0.25, -0.2) is 0 Å². The van der Waals surface area contributed by atoms with Crippen LogP contribution in [0.25, 0.3) is 0 Å². The number of rotatable bonds is 6. The van der Waals surface area contributed by atoms with Gasteiger partial charge in [0.25, 0.3) is 0 Å². The molecular weight excluding hydrogens is 290 g/mol. The van der Waals surface area contributed by atoms with E-state index >= 15 is 0 Å². The van der Waals surface area contributed by atoms with Crippen LogP contribution in [0.2, 0.25) is 5.02 Å². The molecule has 0 spiro atoms. The van der Waals surface area contributed by atoms with Crippen molar-refractivity contribution in [3.05, 3.63) is 53.1 Å². The molecule has 0 aromatic heterocycles. The van der Waals surface area contributed by atoms with Gasteiger partial charge in [0.1, 0.15) is 11.5 Å². The van der Waals surface area contributed by atoms with Crippen molar-refractivity contribution in [2.75, 3.05) is 26.1 Å². The van der Waals surface area contributed by atoms with E-state index < -0.39 is 6.10 Å². The second-order valence-electron chi connectivity index (χ2n) is 4.52. The van der Waals surface area contributed by atoms with Gasteiger partial charge in [-0.2, -0.15) is 0 Å². The molecule has 112 valence electrons. The van der Waals surface area contributed by atoms with Gasteiger partial charge in [-0.1, -0.05) is 23.7 Å². The molecule has 0 fully saturated rings. The third-order valence-electron chi connectivity index (χ3n) is 3.13. The quantitative estimate of drug-likeness (QED) is 0.857. The number of benzene rings is 2. The molecule has 4 nitrogen and oxygen atoms in total. The summed E-state index contributed by atoms with van der Waals surface area (Å²) in [5.74, 6) is 1.34. The van der Waals surface area contributed by atoms with Crippen molar-refractivity contribution < 1.29 is 14.6 Å². The first kappa shape index (κ1) is 15.5. The normalized spacial score (nSPS) is 11.8. The number of hydrogen-bond acceptors (Lipinski definition) is 4. The van der Waals surface area contributed by atoms with Crippen LogP contribution in [-0.2, 0) is 0 Å². The van der Waals surface area contributed by atoms with E-state index in [-0.39, 0.29) is 0 Å². The molecule has 21 heavy (non-hydrogen) atoms. The fourth-order valence-corrected chi connectivity index (χ4v) is 2.22. The molecule has 0 heterocycles. The predicted molar refractivity (Wildman–Crippen MR) is 84.4 cm³/mol. The third kappa shape index (κ3) is 4.03. The van der Waals surface area contributed by atoms with Crippen LogP contribution in [0.4, 0.5) is 5.69 Å². The molecule has 0 aliphatic rings. The molecular formula is C16H18ClNO3. The van der Waals surface area contributed by atoms with Crippen molar-refractivity contribution in [2.24, 2.45) is 0 Å². The van der Waals surface area contributed by atoms with Crippen LogP contribution in [-0.4, -0.2) is 25.9 Å². The molecule has 2 aromatic carbocycles. The van der Waals surface area contributed by atoms with E-state index in [1.165, 1.54) is 0 Å². The smallest absolute Gasteiger partial charge is 0.137 e. The zero-order chi connectivity index (χ0) is 15.2. The highest BCUT2D eigenvalue weighted by atomic mass is 35.5. The van der Waals surface area contributed by atoms with Gasteiger partial charge in [-0.05, 0) is 35.9 Å². The Bertz CT molecular complexity index is 604. The summed E-state index contributed by atoms with van der Waals surface area (Å²) >= 11 is 6.06. The Morgan fingerprint density at radius 3 is 2.62 bits per heavy atom. The Hall–Kier alpha value is -1.91. The monoisotopic (exact) mass is 307 g/mol. The third-order valence-corrected chi connectivity index (χ3v) is 3.43. The van der Waals surface area contributed by atoms with Gasteiger partial charge < -0.3 is 19.9 Å². The van der Waals surface area contributed by atoms with Gasteiger partial charge in [-0.15, -0.1) is 0 Å². The molecule has 0 aliphatic carbocycles. The number of anilines is 1. The molecule has 2 N–H and O–H groups in total. The average molecular weight is 308 g/mol. The van der Waals surface area contributed by atoms with E-state index in [2.05, 4.69) is 5.32 Å². The van der Waals surface area contributed by atoms with Crippen molar-refractivity contribution in [1.29, 1.82) is 0 Å². The molecule has 2 rings (SSSR count). The molecule has 0 amide bonds. The average Bonchev–Trinajstić information content (AvgIpc) is 2.52. The lowest BCUT2D eigenvalue weighted by atomic mass is 10.1. The SMILES string of the molecule is COc1cccc(C(O)CNc2ccc(OC)c(Cl)c2)c1. The Balaban J connectivity index is 2.00. The number of halogens is 1. The van der Waals surface area contributed by atoms with Crippen LogP contribution >= 0.6 is 11.6 Å². The van der Waals surface area contributed by atoms with Crippen molar-refractivity contribution in [2.45, 2.75) is 6.10 Å². The first-order valence-electron chi connectivity index (χ1n) is 6.53. The molecule has 0 saturated heterocycles.